The fourth-order valence-electron chi connectivity index (χ4n) is 1.97. The van der Waals surface area contributed by atoms with Crippen LogP contribution in [0.1, 0.15) is 62.1 Å². The number of carbonyl (C=O) groups is 6. The van der Waals surface area contributed by atoms with Crippen molar-refractivity contribution in [2.24, 2.45) is 0 Å². The molecular formula is C12Cs6O12. The number of carboxylic acid groups (broad SMARTS) is 6. The number of rotatable bonds is 6. The molecule has 0 bridgehead atoms. The number of benzene rings is 1. The summed E-state index contributed by atoms with van der Waals surface area (Å²) < 4.78 is 0. The first-order valence-corrected chi connectivity index (χ1v) is 5.45. The molecule has 0 aliphatic heterocycles. The van der Waals surface area contributed by atoms with Crippen LogP contribution in [-0.4, -0.2) is 35.8 Å². The largest absolute Gasteiger partial charge is 1.00 e. The third-order valence-electron chi connectivity index (χ3n) is 2.72. The maximum atomic E-state index is 11.0. The minimum absolute atomic E-state index is 0. The van der Waals surface area contributed by atoms with Crippen LogP contribution in [0, 0.1) is 0 Å². The minimum Gasteiger partial charge on any atom is -0.545 e. The summed E-state index contributed by atoms with van der Waals surface area (Å²) in [5.41, 5.74) is -12.0. The van der Waals surface area contributed by atoms with E-state index < -0.39 is 69.2 Å². The zero-order valence-corrected chi connectivity index (χ0v) is 54.6. The van der Waals surface area contributed by atoms with Crippen molar-refractivity contribution in [3.63, 3.8) is 0 Å². The van der Waals surface area contributed by atoms with Crippen LogP contribution in [0.3, 0.4) is 0 Å². The molecule has 0 amide bonds. The van der Waals surface area contributed by atoms with Gasteiger partial charge in [0.1, 0.15) is 0 Å². The fourth-order valence-corrected chi connectivity index (χ4v) is 1.97. The van der Waals surface area contributed by atoms with Crippen LogP contribution in [0.25, 0.3) is 0 Å². The first-order valence-electron chi connectivity index (χ1n) is 5.45. The zero-order chi connectivity index (χ0) is 18.9. The van der Waals surface area contributed by atoms with Crippen molar-refractivity contribution >= 4 is 35.8 Å². The monoisotopic (exact) mass is 1130 g/mol. The molecule has 30 heavy (non-hydrogen) atoms. The van der Waals surface area contributed by atoms with Crippen LogP contribution in [0.15, 0.2) is 0 Å². The molecular weight excluding hydrogens is 1130 g/mol. The molecule has 0 spiro atoms. The van der Waals surface area contributed by atoms with Gasteiger partial charge in [-0.3, -0.25) is 0 Å². The van der Waals surface area contributed by atoms with Gasteiger partial charge in [0.15, 0.2) is 0 Å². The summed E-state index contributed by atoms with van der Waals surface area (Å²) in [5.74, 6) is -16.0. The number of carbonyl (C=O) groups excluding carboxylic acids is 6. The predicted octanol–water partition coefficient (Wildman–Crippen LogP) is -26.1. The topological polar surface area (TPSA) is 241 Å². The third kappa shape index (κ3) is 14.3. The van der Waals surface area contributed by atoms with Crippen molar-refractivity contribution < 1.29 is 473 Å². The molecule has 0 fully saturated rings. The van der Waals surface area contributed by atoms with Gasteiger partial charge in [-0.15, -0.1) is 0 Å². The van der Waals surface area contributed by atoms with E-state index in [0.29, 0.717) is 0 Å². The molecule has 0 aromatic heterocycles. The van der Waals surface area contributed by atoms with E-state index in [1.807, 2.05) is 0 Å². The van der Waals surface area contributed by atoms with Gasteiger partial charge in [-0.1, -0.05) is 0 Å². The SMILES string of the molecule is O=C([O-])c1c(C(=O)[O-])c(C(=O)[O-])c(C(=O)[O-])c(C(=O)[O-])c1C(=O)[O-].[Cs+].[Cs+].[Cs+].[Cs+].[Cs+].[Cs+]. The standard InChI is InChI=1S/C12H6O12.6Cs/c13-7(14)1-2(8(15)16)4(10(19)20)6(12(23)24)5(11(21)22)3(1)9(17)18;;;;;;/h(H,13,14)(H,15,16)(H,17,18)(H,19,20)(H,21,22)(H,23,24);;;;;;/q;6*+1/p-6. The van der Waals surface area contributed by atoms with E-state index in [0.717, 1.165) is 0 Å². The van der Waals surface area contributed by atoms with Gasteiger partial charge in [0, 0.05) is 33.4 Å². The van der Waals surface area contributed by atoms with Gasteiger partial charge >= 0.3 is 413 Å². The first kappa shape index (κ1) is 51.1. The number of aromatic carboxylic acids is 6. The molecule has 1 aromatic carbocycles. The summed E-state index contributed by atoms with van der Waals surface area (Å²) in [5, 5.41) is 66.0. The molecule has 12 nitrogen and oxygen atoms in total. The molecule has 0 aliphatic carbocycles. The van der Waals surface area contributed by atoms with Crippen LogP contribution in [0.5, 0.6) is 0 Å². The van der Waals surface area contributed by atoms with E-state index in [9.17, 15) is 59.4 Å². The van der Waals surface area contributed by atoms with Crippen LogP contribution in [-0.2, 0) is 0 Å². The molecule has 126 valence electrons. The second-order valence-corrected chi connectivity index (χ2v) is 3.97. The normalized spacial score (nSPS) is 8.00. The van der Waals surface area contributed by atoms with E-state index in [1.54, 1.807) is 0 Å². The Hall–Kier alpha value is 8.35. The molecule has 0 unspecified atom stereocenters. The predicted molar refractivity (Wildman–Crippen MR) is 52.4 cm³/mol. The van der Waals surface area contributed by atoms with Crippen molar-refractivity contribution in [1.29, 1.82) is 0 Å². The Labute approximate surface area is 521 Å². The van der Waals surface area contributed by atoms with Gasteiger partial charge in [0.25, 0.3) is 0 Å². The molecule has 0 N–H and O–H groups in total. The van der Waals surface area contributed by atoms with Crippen LogP contribution in [0.4, 0.5) is 0 Å². The molecule has 0 saturated heterocycles. The Balaban J connectivity index is -0.000000240. The van der Waals surface area contributed by atoms with Gasteiger partial charge in [0.2, 0.25) is 0 Å². The summed E-state index contributed by atoms with van der Waals surface area (Å²) in [6.07, 6.45) is 0. The molecule has 0 radical (unpaired) electrons. The summed E-state index contributed by atoms with van der Waals surface area (Å²) in [4.78, 5) is 66.0. The summed E-state index contributed by atoms with van der Waals surface area (Å²) in [6, 6.07) is 0. The second kappa shape index (κ2) is 25.1. The van der Waals surface area contributed by atoms with Crippen molar-refractivity contribution in [1.82, 2.24) is 0 Å². The van der Waals surface area contributed by atoms with Gasteiger partial charge in [0.05, 0.1) is 35.8 Å². The smallest absolute Gasteiger partial charge is 0.545 e. The molecule has 0 heterocycles. The van der Waals surface area contributed by atoms with Gasteiger partial charge in [-0.2, -0.15) is 0 Å². The molecule has 0 atom stereocenters. The number of hydrogen-bond donors (Lipinski definition) is 0. The Morgan fingerprint density at radius 2 is 0.367 bits per heavy atom. The molecule has 0 saturated carbocycles. The maximum absolute atomic E-state index is 11.0. The van der Waals surface area contributed by atoms with Gasteiger partial charge in [-0.05, 0) is 0 Å². The van der Waals surface area contributed by atoms with Crippen molar-refractivity contribution in [2.45, 2.75) is 0 Å². The average molecular weight is 1130 g/mol. The molecule has 18 heteroatoms. The first-order chi connectivity index (χ1) is 10.9. The summed E-state index contributed by atoms with van der Waals surface area (Å²) in [6.45, 7) is 0. The fraction of sp³-hybridized carbons (Fsp3) is 0. The molecule has 1 aromatic rings. The van der Waals surface area contributed by atoms with Crippen molar-refractivity contribution in [2.75, 3.05) is 0 Å². The van der Waals surface area contributed by atoms with E-state index >= 15 is 0 Å². The van der Waals surface area contributed by atoms with Crippen LogP contribution >= 0.6 is 0 Å². The van der Waals surface area contributed by atoms with Gasteiger partial charge in [-0.25, -0.2) is 0 Å². The Kier molecular flexibility index (Phi) is 42.8. The molecule has 0 aliphatic rings. The quantitative estimate of drug-likeness (QED) is 0.258. The van der Waals surface area contributed by atoms with Gasteiger partial charge < -0.3 is 59.4 Å². The van der Waals surface area contributed by atoms with E-state index in [-0.39, 0.29) is 413 Å². The average Bonchev–Trinajstić information content (AvgIpc) is 2.42. The molecule has 1 rings (SSSR count). The Bertz CT molecular complexity index is 655. The maximum Gasteiger partial charge on any atom is 1.00 e. The Morgan fingerprint density at radius 1 is 0.300 bits per heavy atom. The zero-order valence-electron chi connectivity index (χ0n) is 16.9. The minimum atomic E-state index is -2.66. The number of hydrogen-bond acceptors (Lipinski definition) is 12. The third-order valence-corrected chi connectivity index (χ3v) is 2.72. The van der Waals surface area contributed by atoms with Crippen molar-refractivity contribution in [3.8, 4) is 0 Å². The second-order valence-electron chi connectivity index (χ2n) is 3.97. The van der Waals surface area contributed by atoms with E-state index in [4.69, 9.17) is 0 Å². The van der Waals surface area contributed by atoms with Crippen LogP contribution in [0.2, 0.25) is 0 Å². The van der Waals surface area contributed by atoms with Crippen molar-refractivity contribution in [3.05, 3.63) is 33.4 Å². The van der Waals surface area contributed by atoms with E-state index in [1.165, 1.54) is 0 Å². The van der Waals surface area contributed by atoms with E-state index in [2.05, 4.69) is 0 Å². The summed E-state index contributed by atoms with van der Waals surface area (Å²) >= 11 is 0. The summed E-state index contributed by atoms with van der Waals surface area (Å²) in [7, 11) is 0. The number of carboxylic acids is 6. The van der Waals surface area contributed by atoms with Crippen LogP contribution < -0.4 is 444 Å². The Morgan fingerprint density at radius 3 is 0.400 bits per heavy atom.